The Balaban J connectivity index is 2.63. The monoisotopic (exact) mass is 265 g/mol. The predicted octanol–water partition coefficient (Wildman–Crippen LogP) is 3.42. The van der Waals surface area contributed by atoms with Crippen LogP contribution in [0.15, 0.2) is 18.2 Å². The third-order valence-electron chi connectivity index (χ3n) is 2.56. The van der Waals surface area contributed by atoms with Crippen molar-refractivity contribution in [3.8, 4) is 0 Å². The van der Waals surface area contributed by atoms with Crippen LogP contribution < -0.4 is 5.32 Å². The van der Waals surface area contributed by atoms with E-state index in [1.807, 2.05) is 6.92 Å². The van der Waals surface area contributed by atoms with E-state index in [0.29, 0.717) is 25.5 Å². The van der Waals surface area contributed by atoms with E-state index < -0.39 is 23.7 Å². The predicted molar refractivity (Wildman–Crippen MR) is 60.8 cm³/mol. The normalized spacial score (nSPS) is 13.4. The van der Waals surface area contributed by atoms with Gasteiger partial charge in [0.15, 0.2) is 0 Å². The molecule has 0 radical (unpaired) electrons. The average Bonchev–Trinajstić information content (AvgIpc) is 2.29. The zero-order valence-corrected chi connectivity index (χ0v) is 9.89. The first kappa shape index (κ1) is 14.8. The molecule has 0 spiro atoms. The largest absolute Gasteiger partial charge is 0.416 e. The fraction of sp³-hybridized carbons (Fsp3) is 0.500. The summed E-state index contributed by atoms with van der Waals surface area (Å²) < 4.78 is 50.2. The van der Waals surface area contributed by atoms with Crippen LogP contribution in [0.3, 0.4) is 0 Å². The van der Waals surface area contributed by atoms with Crippen molar-refractivity contribution in [1.82, 2.24) is 0 Å². The molecule has 0 heterocycles. The Bertz CT molecular complexity index is 392. The molecular formula is C12H15F4NO. The van der Waals surface area contributed by atoms with E-state index >= 15 is 0 Å². The van der Waals surface area contributed by atoms with Gasteiger partial charge in [-0.2, -0.15) is 13.2 Å². The molecule has 1 aromatic rings. The van der Waals surface area contributed by atoms with Gasteiger partial charge in [-0.05, 0) is 31.0 Å². The van der Waals surface area contributed by atoms with Crippen LogP contribution in [-0.4, -0.2) is 17.8 Å². The summed E-state index contributed by atoms with van der Waals surface area (Å²) in [6.07, 6.45) is -4.04. The molecule has 0 bridgehead atoms. The molecule has 1 aromatic carbocycles. The highest BCUT2D eigenvalue weighted by Crippen LogP contribution is 2.31. The van der Waals surface area contributed by atoms with E-state index in [0.717, 1.165) is 12.1 Å². The van der Waals surface area contributed by atoms with Gasteiger partial charge in [-0.1, -0.05) is 6.92 Å². The number of anilines is 1. The Kier molecular flexibility index (Phi) is 4.95. The first-order valence-corrected chi connectivity index (χ1v) is 5.63. The van der Waals surface area contributed by atoms with Gasteiger partial charge >= 0.3 is 6.18 Å². The fourth-order valence-electron chi connectivity index (χ4n) is 1.41. The SMILES string of the molecule is CCC(O)CCNc1ccc(C(F)(F)F)cc1F. The number of halogens is 4. The lowest BCUT2D eigenvalue weighted by Crippen LogP contribution is -2.13. The number of benzene rings is 1. The minimum Gasteiger partial charge on any atom is -0.393 e. The summed E-state index contributed by atoms with van der Waals surface area (Å²) in [5, 5.41) is 11.9. The maximum atomic E-state index is 13.4. The topological polar surface area (TPSA) is 32.3 Å². The Morgan fingerprint density at radius 1 is 1.33 bits per heavy atom. The summed E-state index contributed by atoms with van der Waals surface area (Å²) in [6, 6.07) is 2.33. The van der Waals surface area contributed by atoms with Crippen molar-refractivity contribution in [3.63, 3.8) is 0 Å². The number of hydrogen-bond acceptors (Lipinski definition) is 2. The summed E-state index contributed by atoms with van der Waals surface area (Å²) in [5.41, 5.74) is -1.01. The van der Waals surface area contributed by atoms with Gasteiger partial charge in [0, 0.05) is 6.54 Å². The molecular weight excluding hydrogens is 250 g/mol. The molecule has 1 rings (SSSR count). The first-order valence-electron chi connectivity index (χ1n) is 5.63. The second kappa shape index (κ2) is 6.04. The molecule has 0 amide bonds. The minimum absolute atomic E-state index is 0.00584. The van der Waals surface area contributed by atoms with E-state index in [9.17, 15) is 22.7 Å². The van der Waals surface area contributed by atoms with Crippen LogP contribution in [-0.2, 0) is 6.18 Å². The van der Waals surface area contributed by atoms with Gasteiger partial charge in [0.25, 0.3) is 0 Å². The van der Waals surface area contributed by atoms with E-state index in [4.69, 9.17) is 0 Å². The molecule has 2 N–H and O–H groups in total. The molecule has 102 valence electrons. The smallest absolute Gasteiger partial charge is 0.393 e. The van der Waals surface area contributed by atoms with Crippen molar-refractivity contribution in [2.24, 2.45) is 0 Å². The van der Waals surface area contributed by atoms with Crippen LogP contribution in [0.1, 0.15) is 25.3 Å². The van der Waals surface area contributed by atoms with Gasteiger partial charge in [-0.25, -0.2) is 4.39 Å². The molecule has 0 aliphatic carbocycles. The summed E-state index contributed by atoms with van der Waals surface area (Å²) in [5.74, 6) is -0.948. The summed E-state index contributed by atoms with van der Waals surface area (Å²) in [6.45, 7) is 2.11. The molecule has 0 aliphatic rings. The summed E-state index contributed by atoms with van der Waals surface area (Å²) in [4.78, 5) is 0. The summed E-state index contributed by atoms with van der Waals surface area (Å²) >= 11 is 0. The van der Waals surface area contributed by atoms with Gasteiger partial charge in [0.05, 0.1) is 17.4 Å². The van der Waals surface area contributed by atoms with Crippen molar-refractivity contribution in [2.75, 3.05) is 11.9 Å². The Hall–Kier alpha value is -1.30. The zero-order valence-electron chi connectivity index (χ0n) is 9.89. The van der Waals surface area contributed by atoms with Gasteiger partial charge in [-0.3, -0.25) is 0 Å². The lowest BCUT2D eigenvalue weighted by molar-refractivity contribution is -0.137. The molecule has 1 unspecified atom stereocenters. The first-order chi connectivity index (χ1) is 8.34. The van der Waals surface area contributed by atoms with Crippen molar-refractivity contribution < 1.29 is 22.7 Å². The van der Waals surface area contributed by atoms with Crippen LogP contribution in [0.4, 0.5) is 23.2 Å². The summed E-state index contributed by atoms with van der Waals surface area (Å²) in [7, 11) is 0. The lowest BCUT2D eigenvalue weighted by atomic mass is 10.1. The molecule has 0 saturated carbocycles. The van der Waals surface area contributed by atoms with Gasteiger partial charge in [0.2, 0.25) is 0 Å². The van der Waals surface area contributed by atoms with E-state index in [1.54, 1.807) is 0 Å². The number of hydrogen-bond donors (Lipinski definition) is 2. The minimum atomic E-state index is -4.54. The number of nitrogens with one attached hydrogen (secondary N) is 1. The Morgan fingerprint density at radius 3 is 2.50 bits per heavy atom. The average molecular weight is 265 g/mol. The highest BCUT2D eigenvalue weighted by Gasteiger charge is 2.31. The fourth-order valence-corrected chi connectivity index (χ4v) is 1.41. The second-order valence-electron chi connectivity index (χ2n) is 3.97. The van der Waals surface area contributed by atoms with E-state index in [-0.39, 0.29) is 5.69 Å². The van der Waals surface area contributed by atoms with Crippen molar-refractivity contribution in [3.05, 3.63) is 29.6 Å². The van der Waals surface area contributed by atoms with Crippen LogP contribution in [0.5, 0.6) is 0 Å². The third kappa shape index (κ3) is 4.18. The van der Waals surface area contributed by atoms with E-state index in [1.165, 1.54) is 0 Å². The van der Waals surface area contributed by atoms with Crippen molar-refractivity contribution in [1.29, 1.82) is 0 Å². The van der Waals surface area contributed by atoms with Gasteiger partial charge in [-0.15, -0.1) is 0 Å². The third-order valence-corrected chi connectivity index (χ3v) is 2.56. The molecule has 18 heavy (non-hydrogen) atoms. The maximum absolute atomic E-state index is 13.4. The Labute approximate surface area is 103 Å². The number of aliphatic hydroxyl groups is 1. The Morgan fingerprint density at radius 2 is 2.00 bits per heavy atom. The van der Waals surface area contributed by atoms with Crippen LogP contribution in [0, 0.1) is 5.82 Å². The zero-order chi connectivity index (χ0) is 13.8. The van der Waals surface area contributed by atoms with E-state index in [2.05, 4.69) is 5.32 Å². The van der Waals surface area contributed by atoms with Crippen LogP contribution >= 0.6 is 0 Å². The molecule has 0 aromatic heterocycles. The maximum Gasteiger partial charge on any atom is 0.416 e. The molecule has 0 aliphatic heterocycles. The molecule has 0 saturated heterocycles. The highest BCUT2D eigenvalue weighted by molar-refractivity contribution is 5.46. The molecule has 1 atom stereocenters. The molecule has 2 nitrogen and oxygen atoms in total. The number of alkyl halides is 3. The van der Waals surface area contributed by atoms with Crippen LogP contribution in [0.25, 0.3) is 0 Å². The molecule has 0 fully saturated rings. The van der Waals surface area contributed by atoms with Gasteiger partial charge < -0.3 is 10.4 Å². The second-order valence-corrected chi connectivity index (χ2v) is 3.97. The standard InChI is InChI=1S/C12H15F4NO/c1-2-9(18)5-6-17-11-4-3-8(7-10(11)13)12(14,15)16/h3-4,7,9,17-18H,2,5-6H2,1H3. The van der Waals surface area contributed by atoms with Crippen molar-refractivity contribution >= 4 is 5.69 Å². The number of aliphatic hydroxyl groups excluding tert-OH is 1. The van der Waals surface area contributed by atoms with Crippen molar-refractivity contribution in [2.45, 2.75) is 32.0 Å². The quantitative estimate of drug-likeness (QED) is 0.799. The van der Waals surface area contributed by atoms with Crippen LogP contribution in [0.2, 0.25) is 0 Å². The highest BCUT2D eigenvalue weighted by atomic mass is 19.4. The molecule has 6 heteroatoms. The van der Waals surface area contributed by atoms with Gasteiger partial charge in [0.1, 0.15) is 5.82 Å². The lowest BCUT2D eigenvalue weighted by Gasteiger charge is -2.12. The number of rotatable bonds is 5.